The monoisotopic (exact) mass is 541 g/mol. The lowest BCUT2D eigenvalue weighted by Crippen LogP contribution is -2.52. The Kier molecular flexibility index (Phi) is 9.34. The molecule has 0 heterocycles. The van der Waals surface area contributed by atoms with E-state index in [1.165, 1.54) is 29.2 Å². The lowest BCUT2D eigenvalue weighted by atomic mass is 10.1. The zero-order valence-electron chi connectivity index (χ0n) is 21.4. The van der Waals surface area contributed by atoms with Gasteiger partial charge in [0.25, 0.3) is 10.0 Å². The van der Waals surface area contributed by atoms with E-state index in [4.69, 9.17) is 11.6 Å². The number of para-hydroxylation sites is 1. The van der Waals surface area contributed by atoms with Gasteiger partial charge in [0.1, 0.15) is 12.6 Å². The van der Waals surface area contributed by atoms with Crippen LogP contribution in [0.15, 0.2) is 83.8 Å². The molecule has 2 amide bonds. The predicted octanol–water partition coefficient (Wildman–Crippen LogP) is 4.79. The highest BCUT2D eigenvalue weighted by Crippen LogP contribution is 2.25. The van der Waals surface area contributed by atoms with E-state index in [1.807, 2.05) is 45.0 Å². The lowest BCUT2D eigenvalue weighted by molar-refractivity contribution is -0.139. The summed E-state index contributed by atoms with van der Waals surface area (Å²) in [7, 11) is -4.12. The molecular formula is C28H32ClN3O4S. The first kappa shape index (κ1) is 28.2. The van der Waals surface area contributed by atoms with Crippen LogP contribution in [0.5, 0.6) is 0 Å². The van der Waals surface area contributed by atoms with Crippen LogP contribution in [0.2, 0.25) is 5.02 Å². The Balaban J connectivity index is 2.00. The van der Waals surface area contributed by atoms with Crippen LogP contribution in [0.4, 0.5) is 5.69 Å². The lowest BCUT2D eigenvalue weighted by Gasteiger charge is -2.32. The highest BCUT2D eigenvalue weighted by Gasteiger charge is 2.32. The smallest absolute Gasteiger partial charge is 0.264 e. The first-order chi connectivity index (χ1) is 17.5. The molecule has 0 aliphatic heterocycles. The van der Waals surface area contributed by atoms with Crippen molar-refractivity contribution in [2.45, 2.75) is 51.2 Å². The Morgan fingerprint density at radius 2 is 1.57 bits per heavy atom. The highest BCUT2D eigenvalue weighted by molar-refractivity contribution is 7.92. The Hall–Kier alpha value is -3.36. The zero-order valence-corrected chi connectivity index (χ0v) is 23.0. The molecule has 0 radical (unpaired) electrons. The number of aryl methyl sites for hydroxylation is 1. The number of hydrogen-bond acceptors (Lipinski definition) is 4. The zero-order chi connectivity index (χ0) is 27.2. The molecule has 0 saturated heterocycles. The predicted molar refractivity (Wildman–Crippen MR) is 147 cm³/mol. The normalized spacial score (nSPS) is 12.2. The molecule has 0 aliphatic carbocycles. The van der Waals surface area contributed by atoms with Crippen LogP contribution >= 0.6 is 11.6 Å². The summed E-state index contributed by atoms with van der Waals surface area (Å²) in [5.74, 6) is -0.822. The molecule has 3 rings (SSSR count). The largest absolute Gasteiger partial charge is 0.352 e. The van der Waals surface area contributed by atoms with E-state index < -0.39 is 28.5 Å². The number of nitrogens with one attached hydrogen (secondary N) is 1. The minimum absolute atomic E-state index is 0.00406. The highest BCUT2D eigenvalue weighted by atomic mass is 35.5. The van der Waals surface area contributed by atoms with Crippen LogP contribution in [0.3, 0.4) is 0 Å². The number of nitrogens with zero attached hydrogens (tertiary/aromatic N) is 2. The molecule has 0 bridgehead atoms. The van der Waals surface area contributed by atoms with Crippen molar-refractivity contribution in [1.82, 2.24) is 10.2 Å². The fourth-order valence-corrected chi connectivity index (χ4v) is 5.39. The quantitative estimate of drug-likeness (QED) is 0.400. The Morgan fingerprint density at radius 3 is 2.16 bits per heavy atom. The first-order valence-corrected chi connectivity index (χ1v) is 13.8. The molecule has 0 aliphatic rings. The van der Waals surface area contributed by atoms with Crippen LogP contribution in [0, 0.1) is 6.92 Å². The van der Waals surface area contributed by atoms with E-state index in [0.717, 1.165) is 15.4 Å². The standard InChI is InChI=1S/C28H32ClN3O4S/c1-20(2)30-28(34)22(4)31(18-23-10-8-9-21(3)17-23)27(33)19-32(25-11-6-5-7-12-25)37(35,36)26-15-13-24(29)14-16-26/h5-17,20,22H,18-19H2,1-4H3,(H,30,34). The van der Waals surface area contributed by atoms with Crippen molar-refractivity contribution in [2.24, 2.45) is 0 Å². The molecule has 1 unspecified atom stereocenters. The van der Waals surface area contributed by atoms with Gasteiger partial charge >= 0.3 is 0 Å². The fraction of sp³-hybridized carbons (Fsp3) is 0.286. The number of sulfonamides is 1. The Bertz CT molecular complexity index is 1330. The van der Waals surface area contributed by atoms with Crippen molar-refractivity contribution >= 4 is 39.1 Å². The van der Waals surface area contributed by atoms with E-state index in [2.05, 4.69) is 5.32 Å². The summed E-state index contributed by atoms with van der Waals surface area (Å²) in [6, 6.07) is 20.9. The number of carbonyl (C=O) groups excluding carboxylic acids is 2. The van der Waals surface area contributed by atoms with Gasteiger partial charge < -0.3 is 10.2 Å². The molecule has 1 N–H and O–H groups in total. The van der Waals surface area contributed by atoms with Crippen LogP contribution in [0.1, 0.15) is 31.9 Å². The van der Waals surface area contributed by atoms with Gasteiger partial charge in [-0.05, 0) is 69.7 Å². The Labute approximate surface area is 224 Å². The van der Waals surface area contributed by atoms with Crippen LogP contribution in [0.25, 0.3) is 0 Å². The molecule has 0 saturated carbocycles. The SMILES string of the molecule is Cc1cccc(CN(C(=O)CN(c2ccccc2)S(=O)(=O)c2ccc(Cl)cc2)C(C)C(=O)NC(C)C)c1. The maximum absolute atomic E-state index is 13.8. The summed E-state index contributed by atoms with van der Waals surface area (Å²) in [5, 5.41) is 3.24. The molecule has 0 spiro atoms. The van der Waals surface area contributed by atoms with E-state index in [1.54, 1.807) is 37.3 Å². The summed E-state index contributed by atoms with van der Waals surface area (Å²) in [6.07, 6.45) is 0. The number of rotatable bonds is 10. The molecule has 0 fully saturated rings. The number of carbonyl (C=O) groups is 2. The second-order valence-electron chi connectivity index (χ2n) is 9.15. The molecule has 37 heavy (non-hydrogen) atoms. The third-order valence-corrected chi connectivity index (χ3v) is 7.80. The molecule has 9 heteroatoms. The Morgan fingerprint density at radius 1 is 0.919 bits per heavy atom. The average molecular weight is 542 g/mol. The van der Waals surface area contributed by atoms with Crippen molar-refractivity contribution in [1.29, 1.82) is 0 Å². The van der Waals surface area contributed by atoms with E-state index in [0.29, 0.717) is 10.7 Å². The van der Waals surface area contributed by atoms with Crippen molar-refractivity contribution in [2.75, 3.05) is 10.8 Å². The number of hydrogen-bond donors (Lipinski definition) is 1. The molecule has 1 atom stereocenters. The summed E-state index contributed by atoms with van der Waals surface area (Å²) in [5.41, 5.74) is 2.19. The number of anilines is 1. The summed E-state index contributed by atoms with van der Waals surface area (Å²) < 4.78 is 28.4. The van der Waals surface area contributed by atoms with Gasteiger partial charge in [-0.3, -0.25) is 13.9 Å². The summed E-state index contributed by atoms with van der Waals surface area (Å²) >= 11 is 5.97. The van der Waals surface area contributed by atoms with Crippen molar-refractivity contribution in [3.05, 3.63) is 95.0 Å². The van der Waals surface area contributed by atoms with Gasteiger partial charge in [0, 0.05) is 17.6 Å². The molecule has 3 aromatic carbocycles. The topological polar surface area (TPSA) is 86.8 Å². The molecule has 3 aromatic rings. The fourth-order valence-electron chi connectivity index (χ4n) is 3.85. The van der Waals surface area contributed by atoms with Gasteiger partial charge in [-0.15, -0.1) is 0 Å². The summed E-state index contributed by atoms with van der Waals surface area (Å²) in [6.45, 7) is 6.93. The van der Waals surface area contributed by atoms with Gasteiger partial charge in [0.2, 0.25) is 11.8 Å². The van der Waals surface area contributed by atoms with E-state index >= 15 is 0 Å². The molecule has 0 aromatic heterocycles. The van der Waals surface area contributed by atoms with Crippen LogP contribution in [-0.2, 0) is 26.2 Å². The van der Waals surface area contributed by atoms with Crippen molar-refractivity contribution in [3.8, 4) is 0 Å². The number of halogens is 1. The third kappa shape index (κ3) is 7.33. The second kappa shape index (κ2) is 12.3. The van der Waals surface area contributed by atoms with Crippen molar-refractivity contribution in [3.63, 3.8) is 0 Å². The van der Waals surface area contributed by atoms with Gasteiger partial charge in [-0.2, -0.15) is 0 Å². The number of benzene rings is 3. The van der Waals surface area contributed by atoms with Gasteiger partial charge in [-0.25, -0.2) is 8.42 Å². The average Bonchev–Trinajstić information content (AvgIpc) is 2.85. The molecule has 196 valence electrons. The third-order valence-electron chi connectivity index (χ3n) is 5.76. The van der Waals surface area contributed by atoms with Gasteiger partial charge in [0.15, 0.2) is 0 Å². The molecular weight excluding hydrogens is 510 g/mol. The minimum atomic E-state index is -4.12. The van der Waals surface area contributed by atoms with Gasteiger partial charge in [0.05, 0.1) is 10.6 Å². The van der Waals surface area contributed by atoms with Gasteiger partial charge in [-0.1, -0.05) is 59.6 Å². The second-order valence-corrected chi connectivity index (χ2v) is 11.4. The van der Waals surface area contributed by atoms with E-state index in [9.17, 15) is 18.0 Å². The van der Waals surface area contributed by atoms with Crippen LogP contribution < -0.4 is 9.62 Å². The van der Waals surface area contributed by atoms with Crippen LogP contribution in [-0.4, -0.2) is 43.8 Å². The van der Waals surface area contributed by atoms with E-state index in [-0.39, 0.29) is 23.4 Å². The summed E-state index contributed by atoms with van der Waals surface area (Å²) in [4.78, 5) is 28.1. The maximum Gasteiger partial charge on any atom is 0.264 e. The first-order valence-electron chi connectivity index (χ1n) is 12.0. The number of amides is 2. The minimum Gasteiger partial charge on any atom is -0.352 e. The molecule has 7 nitrogen and oxygen atoms in total. The maximum atomic E-state index is 13.8. The van der Waals surface area contributed by atoms with Crippen molar-refractivity contribution < 1.29 is 18.0 Å².